The lowest BCUT2D eigenvalue weighted by molar-refractivity contribution is -0.148. The van der Waals surface area contributed by atoms with Crippen LogP contribution in [0.2, 0.25) is 0 Å². The zero-order chi connectivity index (χ0) is 11.0. The molecule has 0 fully saturated rings. The summed E-state index contributed by atoms with van der Waals surface area (Å²) < 4.78 is 10.8. The van der Waals surface area contributed by atoms with E-state index in [-0.39, 0.29) is 12.3 Å². The Bertz CT molecular complexity index is 153. The molecular formula is C11H23NO2. The molecule has 0 aliphatic rings. The lowest BCUT2D eigenvalue weighted by Gasteiger charge is -2.23. The highest BCUT2D eigenvalue weighted by molar-refractivity contribution is 4.96. The van der Waals surface area contributed by atoms with E-state index in [4.69, 9.17) is 15.2 Å². The van der Waals surface area contributed by atoms with E-state index >= 15 is 0 Å². The second-order valence-corrected chi connectivity index (χ2v) is 3.25. The van der Waals surface area contributed by atoms with Crippen molar-refractivity contribution in [1.82, 2.24) is 0 Å². The Morgan fingerprint density at radius 1 is 1.21 bits per heavy atom. The third kappa shape index (κ3) is 5.37. The minimum atomic E-state index is -0.298. The third-order valence-electron chi connectivity index (χ3n) is 2.04. The lowest BCUT2D eigenvalue weighted by Crippen LogP contribution is -2.39. The van der Waals surface area contributed by atoms with Crippen LogP contribution in [-0.2, 0) is 9.47 Å². The Labute approximate surface area is 87.3 Å². The van der Waals surface area contributed by atoms with Crippen LogP contribution in [0.1, 0.15) is 33.6 Å². The smallest absolute Gasteiger partial charge is 0.172 e. The van der Waals surface area contributed by atoms with E-state index in [1.807, 2.05) is 13.8 Å². The van der Waals surface area contributed by atoms with Gasteiger partial charge in [0.05, 0.1) is 6.04 Å². The molecule has 0 spiro atoms. The van der Waals surface area contributed by atoms with Crippen LogP contribution >= 0.6 is 0 Å². The van der Waals surface area contributed by atoms with Gasteiger partial charge in [-0.2, -0.15) is 0 Å². The van der Waals surface area contributed by atoms with E-state index in [1.165, 1.54) is 0 Å². The van der Waals surface area contributed by atoms with Crippen LogP contribution in [0.25, 0.3) is 0 Å². The van der Waals surface area contributed by atoms with Crippen molar-refractivity contribution in [2.45, 2.75) is 45.9 Å². The molecule has 1 atom stereocenters. The van der Waals surface area contributed by atoms with Gasteiger partial charge < -0.3 is 15.2 Å². The van der Waals surface area contributed by atoms with Gasteiger partial charge in [0.25, 0.3) is 0 Å². The van der Waals surface area contributed by atoms with Crippen molar-refractivity contribution in [2.24, 2.45) is 5.73 Å². The highest BCUT2D eigenvalue weighted by Crippen LogP contribution is 2.11. The molecule has 0 aromatic carbocycles. The fraction of sp³-hybridized carbons (Fsp3) is 0.818. The van der Waals surface area contributed by atoms with Gasteiger partial charge in [-0.15, -0.1) is 0 Å². The van der Waals surface area contributed by atoms with E-state index in [0.717, 1.165) is 18.4 Å². The standard InChI is InChI=1S/C11H23NO2/c1-5-9(4)8-10(12)11(13-6-2)14-7-3/h10-11H,4-8,12H2,1-3H3. The molecule has 0 aromatic heterocycles. The van der Waals surface area contributed by atoms with Crippen LogP contribution in [0.4, 0.5) is 0 Å². The number of rotatable bonds is 8. The summed E-state index contributed by atoms with van der Waals surface area (Å²) in [5, 5.41) is 0. The van der Waals surface area contributed by atoms with Gasteiger partial charge in [-0.25, -0.2) is 0 Å². The van der Waals surface area contributed by atoms with E-state index in [9.17, 15) is 0 Å². The molecule has 0 saturated carbocycles. The summed E-state index contributed by atoms with van der Waals surface area (Å²) in [6.45, 7) is 11.1. The lowest BCUT2D eigenvalue weighted by atomic mass is 10.1. The van der Waals surface area contributed by atoms with Gasteiger partial charge in [0.2, 0.25) is 0 Å². The largest absolute Gasteiger partial charge is 0.351 e. The first-order valence-corrected chi connectivity index (χ1v) is 5.31. The first kappa shape index (κ1) is 13.6. The van der Waals surface area contributed by atoms with Gasteiger partial charge in [0.15, 0.2) is 6.29 Å². The number of hydrogen-bond acceptors (Lipinski definition) is 3. The third-order valence-corrected chi connectivity index (χ3v) is 2.04. The van der Waals surface area contributed by atoms with Crippen molar-refractivity contribution < 1.29 is 9.47 Å². The van der Waals surface area contributed by atoms with E-state index in [2.05, 4.69) is 13.5 Å². The van der Waals surface area contributed by atoms with E-state index < -0.39 is 0 Å². The highest BCUT2D eigenvalue weighted by atomic mass is 16.7. The van der Waals surface area contributed by atoms with Gasteiger partial charge in [-0.3, -0.25) is 0 Å². The fourth-order valence-electron chi connectivity index (χ4n) is 1.20. The van der Waals surface area contributed by atoms with Gasteiger partial charge in [-0.05, 0) is 26.7 Å². The number of ether oxygens (including phenoxy) is 2. The normalized spacial score (nSPS) is 13.2. The summed E-state index contributed by atoms with van der Waals surface area (Å²) >= 11 is 0. The first-order chi connectivity index (χ1) is 6.65. The molecule has 0 aliphatic heterocycles. The van der Waals surface area contributed by atoms with Gasteiger partial charge in [0.1, 0.15) is 0 Å². The van der Waals surface area contributed by atoms with E-state index in [1.54, 1.807) is 0 Å². The molecule has 0 heterocycles. The molecular weight excluding hydrogens is 178 g/mol. The van der Waals surface area contributed by atoms with E-state index in [0.29, 0.717) is 13.2 Å². The molecule has 3 nitrogen and oxygen atoms in total. The summed E-state index contributed by atoms with van der Waals surface area (Å²) in [5.74, 6) is 0. The van der Waals surface area contributed by atoms with Gasteiger partial charge in [-0.1, -0.05) is 19.1 Å². The van der Waals surface area contributed by atoms with Crippen molar-refractivity contribution >= 4 is 0 Å². The Kier molecular flexibility index (Phi) is 7.76. The molecule has 14 heavy (non-hydrogen) atoms. The maximum Gasteiger partial charge on any atom is 0.172 e. The molecule has 0 amide bonds. The molecule has 0 saturated heterocycles. The van der Waals surface area contributed by atoms with Crippen LogP contribution in [-0.4, -0.2) is 25.5 Å². The Morgan fingerprint density at radius 3 is 2.07 bits per heavy atom. The van der Waals surface area contributed by atoms with Crippen molar-refractivity contribution in [3.63, 3.8) is 0 Å². The SMILES string of the molecule is C=C(CC)CC(N)C(OCC)OCC. The van der Waals surface area contributed by atoms with Crippen LogP contribution in [0, 0.1) is 0 Å². The van der Waals surface area contributed by atoms with Gasteiger partial charge >= 0.3 is 0 Å². The van der Waals surface area contributed by atoms with Crippen LogP contribution in [0.5, 0.6) is 0 Å². The monoisotopic (exact) mass is 201 g/mol. The van der Waals surface area contributed by atoms with Crippen molar-refractivity contribution in [1.29, 1.82) is 0 Å². The minimum Gasteiger partial charge on any atom is -0.351 e. The topological polar surface area (TPSA) is 44.5 Å². The molecule has 3 heteroatoms. The number of hydrogen-bond donors (Lipinski definition) is 1. The minimum absolute atomic E-state index is 0.109. The van der Waals surface area contributed by atoms with Crippen molar-refractivity contribution in [3.05, 3.63) is 12.2 Å². The van der Waals surface area contributed by atoms with Gasteiger partial charge in [0, 0.05) is 13.2 Å². The molecule has 0 radical (unpaired) electrons. The highest BCUT2D eigenvalue weighted by Gasteiger charge is 2.18. The number of nitrogens with two attached hydrogens (primary N) is 1. The Hall–Kier alpha value is -0.380. The molecule has 0 aliphatic carbocycles. The zero-order valence-electron chi connectivity index (χ0n) is 9.58. The van der Waals surface area contributed by atoms with Crippen molar-refractivity contribution in [2.75, 3.05) is 13.2 Å². The second-order valence-electron chi connectivity index (χ2n) is 3.25. The maximum atomic E-state index is 5.96. The molecule has 2 N–H and O–H groups in total. The Morgan fingerprint density at radius 2 is 1.71 bits per heavy atom. The van der Waals surface area contributed by atoms with Crippen LogP contribution < -0.4 is 5.73 Å². The second kappa shape index (κ2) is 7.97. The predicted molar refractivity (Wildman–Crippen MR) is 59.1 cm³/mol. The molecule has 0 aromatic rings. The average molecular weight is 201 g/mol. The summed E-state index contributed by atoms with van der Waals surface area (Å²) in [4.78, 5) is 0. The maximum absolute atomic E-state index is 5.96. The fourth-order valence-corrected chi connectivity index (χ4v) is 1.20. The zero-order valence-corrected chi connectivity index (χ0v) is 9.58. The predicted octanol–water partition coefficient (Wildman–Crippen LogP) is 2.07. The average Bonchev–Trinajstić information content (AvgIpc) is 2.17. The summed E-state index contributed by atoms with van der Waals surface area (Å²) in [7, 11) is 0. The van der Waals surface area contributed by atoms with Crippen LogP contribution in [0.15, 0.2) is 12.2 Å². The molecule has 84 valence electrons. The molecule has 1 unspecified atom stereocenters. The molecule has 0 rings (SSSR count). The summed E-state index contributed by atoms with van der Waals surface area (Å²) in [6.07, 6.45) is 1.42. The first-order valence-electron chi connectivity index (χ1n) is 5.31. The molecule has 0 bridgehead atoms. The Balaban J connectivity index is 3.99. The van der Waals surface area contributed by atoms with Crippen LogP contribution in [0.3, 0.4) is 0 Å². The quantitative estimate of drug-likeness (QED) is 0.483. The summed E-state index contributed by atoms with van der Waals surface area (Å²) in [5.41, 5.74) is 7.10. The summed E-state index contributed by atoms with van der Waals surface area (Å²) in [6, 6.07) is -0.109. The van der Waals surface area contributed by atoms with Crippen molar-refractivity contribution in [3.8, 4) is 0 Å².